The van der Waals surface area contributed by atoms with Crippen LogP contribution in [0.1, 0.15) is 5.56 Å². The third kappa shape index (κ3) is 4.69. The lowest BCUT2D eigenvalue weighted by molar-refractivity contribution is 0.394. The van der Waals surface area contributed by atoms with Gasteiger partial charge in [0.25, 0.3) is 0 Å². The number of hydrogen-bond donors (Lipinski definition) is 0. The van der Waals surface area contributed by atoms with Crippen LogP contribution in [0.2, 0.25) is 5.02 Å². The van der Waals surface area contributed by atoms with Crippen molar-refractivity contribution in [1.82, 2.24) is 14.8 Å². The molecular formula is C24H22ClN3O3S. The quantitative estimate of drug-likeness (QED) is 0.300. The molecule has 0 saturated carbocycles. The Morgan fingerprint density at radius 2 is 1.47 bits per heavy atom. The molecule has 32 heavy (non-hydrogen) atoms. The first-order valence-electron chi connectivity index (χ1n) is 9.82. The number of nitrogens with zero attached hydrogens (tertiary/aromatic N) is 3. The zero-order valence-corrected chi connectivity index (χ0v) is 19.5. The van der Waals surface area contributed by atoms with Gasteiger partial charge < -0.3 is 14.2 Å². The Bertz CT molecular complexity index is 1190. The van der Waals surface area contributed by atoms with Gasteiger partial charge in [0.15, 0.2) is 11.0 Å². The Morgan fingerprint density at radius 1 is 0.812 bits per heavy atom. The lowest BCUT2D eigenvalue weighted by Gasteiger charge is -2.13. The van der Waals surface area contributed by atoms with Crippen molar-refractivity contribution in [1.29, 1.82) is 0 Å². The van der Waals surface area contributed by atoms with Crippen LogP contribution in [-0.4, -0.2) is 36.1 Å². The lowest BCUT2D eigenvalue weighted by Crippen LogP contribution is -2.01. The van der Waals surface area contributed by atoms with E-state index >= 15 is 0 Å². The summed E-state index contributed by atoms with van der Waals surface area (Å²) < 4.78 is 18.2. The summed E-state index contributed by atoms with van der Waals surface area (Å²) in [7, 11) is 4.89. The smallest absolute Gasteiger partial charge is 0.196 e. The second kappa shape index (κ2) is 9.97. The first-order valence-corrected chi connectivity index (χ1v) is 11.2. The molecule has 1 aromatic heterocycles. The Hall–Kier alpha value is -3.16. The van der Waals surface area contributed by atoms with E-state index in [9.17, 15) is 0 Å². The van der Waals surface area contributed by atoms with Gasteiger partial charge in [-0.15, -0.1) is 10.2 Å². The van der Waals surface area contributed by atoms with Gasteiger partial charge in [0.1, 0.15) is 17.2 Å². The van der Waals surface area contributed by atoms with Crippen LogP contribution in [0.5, 0.6) is 17.2 Å². The predicted molar refractivity (Wildman–Crippen MR) is 127 cm³/mol. The van der Waals surface area contributed by atoms with Gasteiger partial charge in [0.2, 0.25) is 0 Å². The Kier molecular flexibility index (Phi) is 6.87. The summed E-state index contributed by atoms with van der Waals surface area (Å²) in [4.78, 5) is 0. The van der Waals surface area contributed by atoms with Crippen LogP contribution in [0, 0.1) is 0 Å². The van der Waals surface area contributed by atoms with E-state index in [2.05, 4.69) is 10.2 Å². The van der Waals surface area contributed by atoms with Crippen molar-refractivity contribution in [3.63, 3.8) is 0 Å². The van der Waals surface area contributed by atoms with E-state index in [0.29, 0.717) is 23.1 Å². The highest BCUT2D eigenvalue weighted by Crippen LogP contribution is 2.34. The van der Waals surface area contributed by atoms with Crippen molar-refractivity contribution in [3.8, 4) is 34.3 Å². The van der Waals surface area contributed by atoms with Gasteiger partial charge in [-0.1, -0.05) is 41.6 Å². The van der Waals surface area contributed by atoms with E-state index in [1.807, 2.05) is 71.3 Å². The molecule has 8 heteroatoms. The number of ether oxygens (including phenoxy) is 3. The summed E-state index contributed by atoms with van der Waals surface area (Å²) in [6, 6.07) is 21.2. The lowest BCUT2D eigenvalue weighted by atomic mass is 10.1. The fourth-order valence-corrected chi connectivity index (χ4v) is 4.45. The molecule has 0 aliphatic heterocycles. The van der Waals surface area contributed by atoms with E-state index in [0.717, 1.165) is 32.7 Å². The summed E-state index contributed by atoms with van der Waals surface area (Å²) in [5, 5.41) is 10.5. The fourth-order valence-electron chi connectivity index (χ4n) is 3.21. The summed E-state index contributed by atoms with van der Waals surface area (Å²) in [5.74, 6) is 3.46. The van der Waals surface area contributed by atoms with Crippen LogP contribution in [-0.2, 0) is 5.75 Å². The van der Waals surface area contributed by atoms with Gasteiger partial charge in [-0.05, 0) is 48.0 Å². The zero-order valence-electron chi connectivity index (χ0n) is 17.9. The van der Waals surface area contributed by atoms with Gasteiger partial charge in [0, 0.05) is 28.1 Å². The van der Waals surface area contributed by atoms with Crippen molar-refractivity contribution in [3.05, 3.63) is 77.3 Å². The molecule has 164 valence electrons. The Morgan fingerprint density at radius 3 is 2.09 bits per heavy atom. The van der Waals surface area contributed by atoms with Crippen molar-refractivity contribution < 1.29 is 14.2 Å². The number of hydrogen-bond acceptors (Lipinski definition) is 6. The molecule has 0 atom stereocenters. The van der Waals surface area contributed by atoms with E-state index in [-0.39, 0.29) is 0 Å². The molecule has 4 aromatic rings. The highest BCUT2D eigenvalue weighted by molar-refractivity contribution is 7.98. The minimum atomic E-state index is 0.662. The molecular weight excluding hydrogens is 446 g/mol. The molecule has 4 rings (SSSR count). The number of rotatable bonds is 8. The Labute approximate surface area is 196 Å². The molecule has 0 N–H and O–H groups in total. The minimum absolute atomic E-state index is 0.662. The van der Waals surface area contributed by atoms with Crippen LogP contribution < -0.4 is 14.2 Å². The molecule has 0 bridgehead atoms. The summed E-state index contributed by atoms with van der Waals surface area (Å²) >= 11 is 7.92. The maximum atomic E-state index is 6.35. The maximum absolute atomic E-state index is 6.35. The van der Waals surface area contributed by atoms with Gasteiger partial charge in [-0.25, -0.2) is 0 Å². The molecule has 6 nitrogen and oxygen atoms in total. The SMILES string of the molecule is COc1ccc(-n2c(SCc3ccccc3Cl)nnc2-c2cc(OC)cc(OC)c2)cc1. The van der Waals surface area contributed by atoms with Crippen molar-refractivity contribution in [2.24, 2.45) is 0 Å². The van der Waals surface area contributed by atoms with Crippen LogP contribution in [0.4, 0.5) is 0 Å². The first-order chi connectivity index (χ1) is 15.6. The van der Waals surface area contributed by atoms with Crippen LogP contribution in [0.15, 0.2) is 71.9 Å². The number of methoxy groups -OCH3 is 3. The zero-order chi connectivity index (χ0) is 22.5. The van der Waals surface area contributed by atoms with E-state index in [4.69, 9.17) is 25.8 Å². The van der Waals surface area contributed by atoms with Gasteiger partial charge in [-0.2, -0.15) is 0 Å². The van der Waals surface area contributed by atoms with Crippen molar-refractivity contribution in [2.75, 3.05) is 21.3 Å². The summed E-state index contributed by atoms with van der Waals surface area (Å²) in [6.45, 7) is 0. The molecule has 0 spiro atoms. The molecule has 0 amide bonds. The minimum Gasteiger partial charge on any atom is -0.497 e. The number of aromatic nitrogens is 3. The summed E-state index contributed by atoms with van der Waals surface area (Å²) in [6.07, 6.45) is 0. The topological polar surface area (TPSA) is 58.4 Å². The normalized spacial score (nSPS) is 10.8. The second-order valence-electron chi connectivity index (χ2n) is 6.82. The van der Waals surface area contributed by atoms with E-state index < -0.39 is 0 Å². The van der Waals surface area contributed by atoms with Crippen LogP contribution >= 0.6 is 23.4 Å². The van der Waals surface area contributed by atoms with Crippen molar-refractivity contribution >= 4 is 23.4 Å². The van der Waals surface area contributed by atoms with Gasteiger partial charge >= 0.3 is 0 Å². The standard InChI is InChI=1S/C24H22ClN3O3S/c1-29-19-10-8-18(9-11-19)28-23(17-12-20(30-2)14-21(13-17)31-3)26-27-24(28)32-15-16-6-4-5-7-22(16)25/h4-14H,15H2,1-3H3. The molecule has 0 saturated heterocycles. The summed E-state index contributed by atoms with van der Waals surface area (Å²) in [5.41, 5.74) is 2.77. The highest BCUT2D eigenvalue weighted by Gasteiger charge is 2.18. The van der Waals surface area contributed by atoms with E-state index in [1.165, 1.54) is 0 Å². The molecule has 3 aromatic carbocycles. The Balaban J connectivity index is 1.79. The maximum Gasteiger partial charge on any atom is 0.196 e. The van der Waals surface area contributed by atoms with E-state index in [1.54, 1.807) is 33.1 Å². The fraction of sp³-hybridized carbons (Fsp3) is 0.167. The number of halogens is 1. The van der Waals surface area contributed by atoms with Crippen LogP contribution in [0.3, 0.4) is 0 Å². The van der Waals surface area contributed by atoms with Gasteiger partial charge in [-0.3, -0.25) is 4.57 Å². The van der Waals surface area contributed by atoms with Crippen LogP contribution in [0.25, 0.3) is 17.1 Å². The average Bonchev–Trinajstić information content (AvgIpc) is 3.27. The molecule has 0 unspecified atom stereocenters. The molecule has 0 fully saturated rings. The van der Waals surface area contributed by atoms with Crippen molar-refractivity contribution in [2.45, 2.75) is 10.9 Å². The molecule has 1 heterocycles. The monoisotopic (exact) mass is 467 g/mol. The molecule has 0 radical (unpaired) electrons. The number of thioether (sulfide) groups is 1. The predicted octanol–water partition coefficient (Wildman–Crippen LogP) is 5.91. The van der Waals surface area contributed by atoms with Gasteiger partial charge in [0.05, 0.1) is 21.3 Å². The third-order valence-corrected chi connectivity index (χ3v) is 6.23. The average molecular weight is 468 g/mol. The number of benzene rings is 3. The largest absolute Gasteiger partial charge is 0.497 e. The second-order valence-corrected chi connectivity index (χ2v) is 8.17. The first kappa shape index (κ1) is 22.0. The highest BCUT2D eigenvalue weighted by atomic mass is 35.5. The molecule has 0 aliphatic rings. The third-order valence-electron chi connectivity index (χ3n) is 4.89. The molecule has 0 aliphatic carbocycles.